The standard InChI is InChI=1S/C11H11Cl2N5O/c1-2-19-11-17-9(14)16-10(18-11)15-8-5-6(12)3-4-7(8)13/h3-5H,2H2,1H3,(H3,14,15,16,17,18). The number of halogens is 2. The Kier molecular flexibility index (Phi) is 4.24. The predicted molar refractivity (Wildman–Crippen MR) is 75.2 cm³/mol. The van der Waals surface area contributed by atoms with E-state index in [4.69, 9.17) is 33.7 Å². The molecule has 0 amide bonds. The molecule has 0 bridgehead atoms. The number of aromatic nitrogens is 3. The lowest BCUT2D eigenvalue weighted by Gasteiger charge is -2.08. The van der Waals surface area contributed by atoms with Crippen molar-refractivity contribution in [3.63, 3.8) is 0 Å². The number of benzene rings is 1. The number of nitrogens with zero attached hydrogens (tertiary/aromatic N) is 3. The SMILES string of the molecule is CCOc1nc(N)nc(Nc2cc(Cl)ccc2Cl)n1. The number of ether oxygens (including phenoxy) is 1. The Morgan fingerprint density at radius 2 is 2.05 bits per heavy atom. The van der Waals surface area contributed by atoms with Crippen LogP contribution in [-0.4, -0.2) is 21.6 Å². The summed E-state index contributed by atoms with van der Waals surface area (Å²) in [5, 5.41) is 3.94. The molecule has 0 radical (unpaired) electrons. The van der Waals surface area contributed by atoms with Gasteiger partial charge in [-0.2, -0.15) is 15.0 Å². The quantitative estimate of drug-likeness (QED) is 0.903. The highest BCUT2D eigenvalue weighted by atomic mass is 35.5. The van der Waals surface area contributed by atoms with Gasteiger partial charge < -0.3 is 15.8 Å². The van der Waals surface area contributed by atoms with Crippen LogP contribution in [-0.2, 0) is 0 Å². The van der Waals surface area contributed by atoms with Gasteiger partial charge in [-0.25, -0.2) is 0 Å². The van der Waals surface area contributed by atoms with Crippen molar-refractivity contribution in [3.05, 3.63) is 28.2 Å². The second kappa shape index (κ2) is 5.90. The lowest BCUT2D eigenvalue weighted by molar-refractivity contribution is 0.312. The minimum atomic E-state index is 0.0547. The summed E-state index contributed by atoms with van der Waals surface area (Å²) in [7, 11) is 0. The first-order chi connectivity index (χ1) is 9.08. The van der Waals surface area contributed by atoms with E-state index in [1.54, 1.807) is 18.2 Å². The summed E-state index contributed by atoms with van der Waals surface area (Å²) in [4.78, 5) is 11.8. The van der Waals surface area contributed by atoms with Crippen LogP contribution in [0.25, 0.3) is 0 Å². The molecule has 1 aromatic heterocycles. The summed E-state index contributed by atoms with van der Waals surface area (Å²) in [6.07, 6.45) is 0. The Labute approximate surface area is 119 Å². The zero-order valence-electron chi connectivity index (χ0n) is 10.0. The zero-order valence-corrected chi connectivity index (χ0v) is 11.5. The van der Waals surface area contributed by atoms with Crippen molar-refractivity contribution in [3.8, 4) is 6.01 Å². The van der Waals surface area contributed by atoms with E-state index in [0.717, 1.165) is 0 Å². The van der Waals surface area contributed by atoms with Gasteiger partial charge in [-0.15, -0.1) is 0 Å². The summed E-state index contributed by atoms with van der Waals surface area (Å²) >= 11 is 11.9. The van der Waals surface area contributed by atoms with E-state index in [1.807, 2.05) is 6.92 Å². The molecule has 0 atom stereocenters. The molecule has 6 nitrogen and oxygen atoms in total. The first kappa shape index (κ1) is 13.6. The first-order valence-electron chi connectivity index (χ1n) is 5.45. The maximum atomic E-state index is 6.03. The van der Waals surface area contributed by atoms with Crippen LogP contribution in [0.4, 0.5) is 17.6 Å². The Balaban J connectivity index is 2.29. The zero-order chi connectivity index (χ0) is 13.8. The Morgan fingerprint density at radius 3 is 2.79 bits per heavy atom. The molecule has 8 heteroatoms. The molecule has 0 aliphatic rings. The van der Waals surface area contributed by atoms with Gasteiger partial charge >= 0.3 is 6.01 Å². The van der Waals surface area contributed by atoms with Crippen LogP contribution < -0.4 is 15.8 Å². The van der Waals surface area contributed by atoms with Gasteiger partial charge in [0.25, 0.3) is 0 Å². The van der Waals surface area contributed by atoms with Gasteiger partial charge in [0.15, 0.2) is 0 Å². The number of hydrogen-bond acceptors (Lipinski definition) is 6. The highest BCUT2D eigenvalue weighted by Crippen LogP contribution is 2.27. The molecular formula is C11H11Cl2N5O. The van der Waals surface area contributed by atoms with Gasteiger partial charge in [-0.1, -0.05) is 23.2 Å². The molecule has 0 unspecified atom stereocenters. The average molecular weight is 300 g/mol. The maximum Gasteiger partial charge on any atom is 0.323 e. The summed E-state index contributed by atoms with van der Waals surface area (Å²) in [6.45, 7) is 2.25. The van der Waals surface area contributed by atoms with Crippen LogP contribution >= 0.6 is 23.2 Å². The van der Waals surface area contributed by atoms with E-state index in [1.165, 1.54) is 0 Å². The van der Waals surface area contributed by atoms with Gasteiger partial charge in [0.1, 0.15) is 0 Å². The molecule has 0 aliphatic heterocycles. The van der Waals surface area contributed by atoms with E-state index in [2.05, 4.69) is 20.3 Å². The Morgan fingerprint density at radius 1 is 1.26 bits per heavy atom. The van der Waals surface area contributed by atoms with Crippen molar-refractivity contribution in [2.75, 3.05) is 17.7 Å². The van der Waals surface area contributed by atoms with Crippen molar-refractivity contribution < 1.29 is 4.74 Å². The topological polar surface area (TPSA) is 86.0 Å². The van der Waals surface area contributed by atoms with Crippen molar-refractivity contribution in [1.82, 2.24) is 15.0 Å². The first-order valence-corrected chi connectivity index (χ1v) is 6.20. The van der Waals surface area contributed by atoms with E-state index in [-0.39, 0.29) is 17.9 Å². The van der Waals surface area contributed by atoms with Crippen LogP contribution in [0.2, 0.25) is 10.0 Å². The predicted octanol–water partition coefficient (Wildman–Crippen LogP) is 2.90. The number of anilines is 3. The van der Waals surface area contributed by atoms with E-state index in [9.17, 15) is 0 Å². The van der Waals surface area contributed by atoms with E-state index >= 15 is 0 Å². The fourth-order valence-electron chi connectivity index (χ4n) is 1.34. The smallest absolute Gasteiger partial charge is 0.323 e. The van der Waals surface area contributed by atoms with E-state index in [0.29, 0.717) is 22.3 Å². The average Bonchev–Trinajstić information content (AvgIpc) is 2.33. The monoisotopic (exact) mass is 299 g/mol. The van der Waals surface area contributed by atoms with E-state index < -0.39 is 0 Å². The summed E-state index contributed by atoms with van der Waals surface area (Å²) < 4.78 is 5.18. The maximum absolute atomic E-state index is 6.03. The third-order valence-electron chi connectivity index (χ3n) is 2.08. The second-order valence-corrected chi connectivity index (χ2v) is 4.33. The lowest BCUT2D eigenvalue weighted by Crippen LogP contribution is -2.06. The summed E-state index contributed by atoms with van der Waals surface area (Å²) in [5.41, 5.74) is 6.14. The fourth-order valence-corrected chi connectivity index (χ4v) is 1.67. The number of nitrogens with one attached hydrogen (secondary N) is 1. The molecule has 100 valence electrons. The molecule has 0 spiro atoms. The van der Waals surface area contributed by atoms with Crippen LogP contribution in [0.15, 0.2) is 18.2 Å². The van der Waals surface area contributed by atoms with Crippen molar-refractivity contribution in [2.24, 2.45) is 0 Å². The molecule has 0 saturated heterocycles. The van der Waals surface area contributed by atoms with Crippen molar-refractivity contribution in [2.45, 2.75) is 6.92 Å². The molecule has 0 aliphatic carbocycles. The molecular weight excluding hydrogens is 289 g/mol. The number of hydrogen-bond donors (Lipinski definition) is 2. The van der Waals surface area contributed by atoms with Gasteiger partial charge in [0.05, 0.1) is 17.3 Å². The third kappa shape index (κ3) is 3.59. The summed E-state index contributed by atoms with van der Waals surface area (Å²) in [6, 6.07) is 5.16. The number of nitrogens with two attached hydrogens (primary N) is 1. The van der Waals surface area contributed by atoms with Crippen LogP contribution in [0.1, 0.15) is 6.92 Å². The van der Waals surface area contributed by atoms with Gasteiger partial charge in [0.2, 0.25) is 11.9 Å². The van der Waals surface area contributed by atoms with Crippen LogP contribution in [0, 0.1) is 0 Å². The third-order valence-corrected chi connectivity index (χ3v) is 2.65. The Hall–Kier alpha value is -1.79. The fraction of sp³-hybridized carbons (Fsp3) is 0.182. The molecule has 0 fully saturated rings. The highest BCUT2D eigenvalue weighted by molar-refractivity contribution is 6.35. The van der Waals surface area contributed by atoms with Crippen LogP contribution in [0.5, 0.6) is 6.01 Å². The molecule has 1 aromatic carbocycles. The van der Waals surface area contributed by atoms with Gasteiger partial charge in [-0.3, -0.25) is 0 Å². The number of nitrogen functional groups attached to an aromatic ring is 1. The van der Waals surface area contributed by atoms with Crippen molar-refractivity contribution in [1.29, 1.82) is 0 Å². The largest absolute Gasteiger partial charge is 0.464 e. The van der Waals surface area contributed by atoms with Gasteiger partial charge in [-0.05, 0) is 25.1 Å². The molecule has 19 heavy (non-hydrogen) atoms. The molecule has 0 saturated carbocycles. The summed E-state index contributed by atoms with van der Waals surface area (Å²) in [5.74, 6) is 0.291. The minimum absolute atomic E-state index is 0.0547. The molecule has 3 N–H and O–H groups in total. The second-order valence-electron chi connectivity index (χ2n) is 3.48. The van der Waals surface area contributed by atoms with Crippen LogP contribution in [0.3, 0.4) is 0 Å². The van der Waals surface area contributed by atoms with Crippen molar-refractivity contribution >= 4 is 40.8 Å². The lowest BCUT2D eigenvalue weighted by atomic mass is 10.3. The Bertz CT molecular complexity index is 593. The molecule has 2 rings (SSSR count). The molecule has 2 aromatic rings. The van der Waals surface area contributed by atoms with Gasteiger partial charge in [0, 0.05) is 5.02 Å². The molecule has 1 heterocycles. The normalized spacial score (nSPS) is 10.3. The number of rotatable bonds is 4. The minimum Gasteiger partial charge on any atom is -0.464 e. The highest BCUT2D eigenvalue weighted by Gasteiger charge is 2.08.